The fourth-order valence-electron chi connectivity index (χ4n) is 3.92. The average Bonchev–Trinajstić information content (AvgIpc) is 3.02. The van der Waals surface area contributed by atoms with Gasteiger partial charge >= 0.3 is 0 Å². The monoisotopic (exact) mass is 374 g/mol. The minimum absolute atomic E-state index is 0. The SMILES string of the molecule is Cl.NC1CCC2CN(S(=O)(=O)c3ccc4c(c3)OCCCO4)CC12. The summed E-state index contributed by atoms with van der Waals surface area (Å²) >= 11 is 0. The summed E-state index contributed by atoms with van der Waals surface area (Å²) in [5, 5.41) is 0. The lowest BCUT2D eigenvalue weighted by atomic mass is 9.98. The van der Waals surface area contributed by atoms with Crippen LogP contribution in [0.5, 0.6) is 11.5 Å². The molecule has 1 aromatic carbocycles. The highest BCUT2D eigenvalue weighted by Gasteiger charge is 2.45. The standard InChI is InChI=1S/C16H22N2O4S.ClH/c17-14-4-2-11-9-18(10-13(11)14)23(19,20)12-3-5-15-16(8-12)22-7-1-6-21-15;/h3,5,8,11,13-14H,1-2,4,6-7,9-10,17H2;1H. The molecule has 0 radical (unpaired) electrons. The van der Waals surface area contributed by atoms with E-state index in [9.17, 15) is 8.42 Å². The van der Waals surface area contributed by atoms with Crippen molar-refractivity contribution in [1.29, 1.82) is 0 Å². The van der Waals surface area contributed by atoms with Crippen LogP contribution in [0, 0.1) is 11.8 Å². The number of halogens is 1. The van der Waals surface area contributed by atoms with Gasteiger partial charge in [-0.2, -0.15) is 4.31 Å². The Kier molecular flexibility index (Phi) is 4.97. The molecule has 2 heterocycles. The first kappa shape index (κ1) is 17.8. The van der Waals surface area contributed by atoms with Gasteiger partial charge in [-0.15, -0.1) is 12.4 Å². The molecular weight excluding hydrogens is 352 g/mol. The molecule has 1 aromatic rings. The van der Waals surface area contributed by atoms with E-state index in [1.807, 2.05) is 0 Å². The normalized spacial score (nSPS) is 29.6. The van der Waals surface area contributed by atoms with Crippen molar-refractivity contribution in [1.82, 2.24) is 4.31 Å². The second-order valence-electron chi connectivity index (χ2n) is 6.65. The molecule has 1 aliphatic carbocycles. The maximum atomic E-state index is 12.9. The highest BCUT2D eigenvalue weighted by molar-refractivity contribution is 7.89. The average molecular weight is 375 g/mol. The van der Waals surface area contributed by atoms with Gasteiger partial charge in [0.25, 0.3) is 0 Å². The molecule has 1 saturated heterocycles. The molecule has 2 N–H and O–H groups in total. The minimum Gasteiger partial charge on any atom is -0.490 e. The van der Waals surface area contributed by atoms with E-state index in [-0.39, 0.29) is 23.3 Å². The molecule has 0 bridgehead atoms. The number of sulfonamides is 1. The molecular formula is C16H23ClN2O4S. The van der Waals surface area contributed by atoms with E-state index < -0.39 is 10.0 Å². The Labute approximate surface area is 148 Å². The van der Waals surface area contributed by atoms with Gasteiger partial charge in [0.15, 0.2) is 11.5 Å². The summed E-state index contributed by atoms with van der Waals surface area (Å²) in [5.74, 6) is 1.83. The molecule has 134 valence electrons. The van der Waals surface area contributed by atoms with Crippen molar-refractivity contribution < 1.29 is 17.9 Å². The maximum absolute atomic E-state index is 12.9. The fraction of sp³-hybridized carbons (Fsp3) is 0.625. The molecule has 24 heavy (non-hydrogen) atoms. The molecule has 2 fully saturated rings. The second kappa shape index (κ2) is 6.71. The van der Waals surface area contributed by atoms with E-state index in [0.29, 0.717) is 49.6 Å². The number of benzene rings is 1. The molecule has 8 heteroatoms. The van der Waals surface area contributed by atoms with Crippen LogP contribution >= 0.6 is 12.4 Å². The van der Waals surface area contributed by atoms with Crippen LogP contribution < -0.4 is 15.2 Å². The second-order valence-corrected chi connectivity index (χ2v) is 8.58. The zero-order valence-corrected chi connectivity index (χ0v) is 15.0. The van der Waals surface area contributed by atoms with Gasteiger partial charge in [0.1, 0.15) is 0 Å². The highest BCUT2D eigenvalue weighted by atomic mass is 35.5. The van der Waals surface area contributed by atoms with Crippen LogP contribution in [0.3, 0.4) is 0 Å². The smallest absolute Gasteiger partial charge is 0.243 e. The zero-order valence-electron chi connectivity index (χ0n) is 13.4. The van der Waals surface area contributed by atoms with Crippen molar-refractivity contribution in [2.45, 2.75) is 30.2 Å². The van der Waals surface area contributed by atoms with Crippen molar-refractivity contribution in [2.75, 3.05) is 26.3 Å². The van der Waals surface area contributed by atoms with Gasteiger partial charge in [0.2, 0.25) is 10.0 Å². The summed E-state index contributed by atoms with van der Waals surface area (Å²) in [6.07, 6.45) is 2.83. The van der Waals surface area contributed by atoms with Gasteiger partial charge in [-0.05, 0) is 36.8 Å². The summed E-state index contributed by atoms with van der Waals surface area (Å²) in [6, 6.07) is 5.01. The van der Waals surface area contributed by atoms with Crippen molar-refractivity contribution in [3.05, 3.63) is 18.2 Å². The zero-order chi connectivity index (χ0) is 16.0. The lowest BCUT2D eigenvalue weighted by molar-refractivity contribution is 0.297. The third-order valence-corrected chi connectivity index (χ3v) is 7.06. The third kappa shape index (κ3) is 2.98. The number of hydrogen-bond acceptors (Lipinski definition) is 5. The molecule has 0 spiro atoms. The fourth-order valence-corrected chi connectivity index (χ4v) is 5.47. The minimum atomic E-state index is -3.51. The van der Waals surface area contributed by atoms with Crippen LogP contribution in [-0.4, -0.2) is 45.1 Å². The van der Waals surface area contributed by atoms with Crippen molar-refractivity contribution in [3.63, 3.8) is 0 Å². The van der Waals surface area contributed by atoms with Crippen LogP contribution in [0.25, 0.3) is 0 Å². The Hall–Kier alpha value is -1.02. The van der Waals surface area contributed by atoms with Crippen LogP contribution in [0.2, 0.25) is 0 Å². The molecule has 3 unspecified atom stereocenters. The summed E-state index contributed by atoms with van der Waals surface area (Å²) in [6.45, 7) is 2.24. The lowest BCUT2D eigenvalue weighted by Gasteiger charge is -2.19. The van der Waals surface area contributed by atoms with Crippen molar-refractivity contribution in [2.24, 2.45) is 17.6 Å². The van der Waals surface area contributed by atoms with Crippen molar-refractivity contribution in [3.8, 4) is 11.5 Å². The van der Waals surface area contributed by atoms with Crippen LogP contribution in [-0.2, 0) is 10.0 Å². The van der Waals surface area contributed by atoms with E-state index >= 15 is 0 Å². The molecule has 3 atom stereocenters. The molecule has 6 nitrogen and oxygen atoms in total. The summed E-state index contributed by atoms with van der Waals surface area (Å²) < 4.78 is 38.6. The summed E-state index contributed by atoms with van der Waals surface area (Å²) in [5.41, 5.74) is 6.11. The number of nitrogens with zero attached hydrogens (tertiary/aromatic N) is 1. The van der Waals surface area contributed by atoms with Gasteiger partial charge in [0, 0.05) is 31.6 Å². The van der Waals surface area contributed by atoms with E-state index in [1.54, 1.807) is 22.5 Å². The van der Waals surface area contributed by atoms with E-state index in [1.165, 1.54) is 0 Å². The number of hydrogen-bond donors (Lipinski definition) is 1. The predicted molar refractivity (Wildman–Crippen MR) is 92.2 cm³/mol. The van der Waals surface area contributed by atoms with Crippen molar-refractivity contribution >= 4 is 22.4 Å². The quantitative estimate of drug-likeness (QED) is 0.850. The van der Waals surface area contributed by atoms with Gasteiger partial charge in [0.05, 0.1) is 18.1 Å². The Balaban J connectivity index is 0.00000169. The topological polar surface area (TPSA) is 81.9 Å². The summed E-state index contributed by atoms with van der Waals surface area (Å²) in [4.78, 5) is 0.273. The van der Waals surface area contributed by atoms with Gasteiger partial charge in [-0.3, -0.25) is 0 Å². The van der Waals surface area contributed by atoms with E-state index in [0.717, 1.165) is 19.3 Å². The Morgan fingerprint density at radius 3 is 2.58 bits per heavy atom. The third-order valence-electron chi connectivity index (χ3n) is 5.24. The molecule has 3 aliphatic rings. The van der Waals surface area contributed by atoms with Crippen LogP contribution in [0.15, 0.2) is 23.1 Å². The van der Waals surface area contributed by atoms with E-state index in [2.05, 4.69) is 0 Å². The first-order valence-corrected chi connectivity index (χ1v) is 9.65. The van der Waals surface area contributed by atoms with Gasteiger partial charge in [-0.25, -0.2) is 8.42 Å². The Morgan fingerprint density at radius 1 is 1.08 bits per heavy atom. The number of ether oxygens (including phenoxy) is 2. The number of nitrogens with two attached hydrogens (primary N) is 1. The molecule has 0 aromatic heterocycles. The van der Waals surface area contributed by atoms with Crippen LogP contribution in [0.4, 0.5) is 0 Å². The largest absolute Gasteiger partial charge is 0.490 e. The summed E-state index contributed by atoms with van der Waals surface area (Å²) in [7, 11) is -3.51. The Bertz CT molecular complexity index is 712. The van der Waals surface area contributed by atoms with Gasteiger partial charge in [-0.1, -0.05) is 0 Å². The number of rotatable bonds is 2. The molecule has 1 saturated carbocycles. The lowest BCUT2D eigenvalue weighted by Crippen LogP contribution is -2.33. The first-order valence-electron chi connectivity index (χ1n) is 8.21. The molecule has 4 rings (SSSR count). The predicted octanol–water partition coefficient (Wildman–Crippen LogP) is 1.63. The van der Waals surface area contributed by atoms with E-state index in [4.69, 9.17) is 15.2 Å². The van der Waals surface area contributed by atoms with Crippen LogP contribution in [0.1, 0.15) is 19.3 Å². The molecule has 0 amide bonds. The first-order chi connectivity index (χ1) is 11.1. The van der Waals surface area contributed by atoms with Gasteiger partial charge < -0.3 is 15.2 Å². The Morgan fingerprint density at radius 2 is 1.83 bits per heavy atom. The highest BCUT2D eigenvalue weighted by Crippen LogP contribution is 2.40. The maximum Gasteiger partial charge on any atom is 0.243 e. The molecule has 2 aliphatic heterocycles. The number of fused-ring (bicyclic) bond motifs is 2.